The van der Waals surface area contributed by atoms with Crippen LogP contribution in [0, 0.1) is 0 Å². The highest BCUT2D eigenvalue weighted by Gasteiger charge is 2.11. The fourth-order valence-electron chi connectivity index (χ4n) is 1.87. The summed E-state index contributed by atoms with van der Waals surface area (Å²) in [5.41, 5.74) is 7.27. The molecule has 0 aliphatic rings. The number of aryl methyl sites for hydroxylation is 1. The van der Waals surface area contributed by atoms with Crippen molar-refractivity contribution in [2.45, 2.75) is 19.9 Å². The van der Waals surface area contributed by atoms with Crippen LogP contribution >= 0.6 is 0 Å². The second-order valence-corrected chi connectivity index (χ2v) is 4.23. The number of tetrazole rings is 1. The van der Waals surface area contributed by atoms with E-state index in [4.69, 9.17) is 15.2 Å². The number of ether oxygens (including phenoxy) is 2. The Bertz CT molecular complexity index is 555. The smallest absolute Gasteiger partial charge is 0.182 e. The first kappa shape index (κ1) is 14.3. The molecule has 1 aromatic carbocycles. The molecule has 108 valence electrons. The number of nitrogens with zero attached hydrogens (tertiary/aromatic N) is 4. The van der Waals surface area contributed by atoms with Gasteiger partial charge in [0.1, 0.15) is 5.75 Å². The van der Waals surface area contributed by atoms with Crippen LogP contribution in [-0.2, 0) is 11.3 Å². The minimum absolute atomic E-state index is 0.589. The molecule has 2 N–H and O–H groups in total. The quantitative estimate of drug-likeness (QED) is 0.607. The molecule has 0 unspecified atom stereocenters. The van der Waals surface area contributed by atoms with E-state index in [2.05, 4.69) is 15.5 Å². The van der Waals surface area contributed by atoms with Crippen molar-refractivity contribution in [3.8, 4) is 17.1 Å². The molecule has 0 aliphatic carbocycles. The molecule has 0 spiro atoms. The van der Waals surface area contributed by atoms with Gasteiger partial charge in [-0.15, -0.1) is 5.10 Å². The number of hydrogen-bond donors (Lipinski definition) is 1. The highest BCUT2D eigenvalue weighted by atomic mass is 16.5. The van der Waals surface area contributed by atoms with Gasteiger partial charge in [0.15, 0.2) is 5.82 Å². The monoisotopic (exact) mass is 277 g/mol. The van der Waals surface area contributed by atoms with E-state index >= 15 is 0 Å². The van der Waals surface area contributed by atoms with E-state index in [1.807, 2.05) is 19.1 Å². The van der Waals surface area contributed by atoms with Crippen molar-refractivity contribution < 1.29 is 9.47 Å². The maximum absolute atomic E-state index is 5.80. The van der Waals surface area contributed by atoms with Crippen molar-refractivity contribution in [1.82, 2.24) is 20.2 Å². The summed E-state index contributed by atoms with van der Waals surface area (Å²) in [5, 5.41) is 11.8. The third-order valence-electron chi connectivity index (χ3n) is 2.89. The van der Waals surface area contributed by atoms with Crippen LogP contribution in [0.1, 0.15) is 13.3 Å². The van der Waals surface area contributed by atoms with Crippen LogP contribution in [0.25, 0.3) is 11.4 Å². The Morgan fingerprint density at radius 1 is 1.35 bits per heavy atom. The van der Waals surface area contributed by atoms with Crippen LogP contribution < -0.4 is 10.5 Å². The molecule has 1 aromatic heterocycles. The predicted molar refractivity (Wildman–Crippen MR) is 75.3 cm³/mol. The van der Waals surface area contributed by atoms with Crippen LogP contribution in [0.3, 0.4) is 0 Å². The normalized spacial score (nSPS) is 10.7. The highest BCUT2D eigenvalue weighted by Crippen LogP contribution is 2.27. The van der Waals surface area contributed by atoms with Gasteiger partial charge >= 0.3 is 0 Å². The zero-order valence-electron chi connectivity index (χ0n) is 11.7. The summed E-state index contributed by atoms with van der Waals surface area (Å²) >= 11 is 0. The van der Waals surface area contributed by atoms with E-state index in [1.54, 1.807) is 17.9 Å². The summed E-state index contributed by atoms with van der Waals surface area (Å²) in [7, 11) is 1.58. The Balaban J connectivity index is 2.14. The lowest BCUT2D eigenvalue weighted by molar-refractivity contribution is 0.140. The molecule has 0 saturated carbocycles. The van der Waals surface area contributed by atoms with Crippen LogP contribution in [0.5, 0.6) is 5.75 Å². The summed E-state index contributed by atoms with van der Waals surface area (Å²) in [4.78, 5) is 0. The van der Waals surface area contributed by atoms with Crippen molar-refractivity contribution in [1.29, 1.82) is 0 Å². The van der Waals surface area contributed by atoms with Gasteiger partial charge in [-0.3, -0.25) is 0 Å². The first-order chi connectivity index (χ1) is 9.76. The van der Waals surface area contributed by atoms with E-state index in [0.29, 0.717) is 30.4 Å². The Hall–Kier alpha value is -2.15. The summed E-state index contributed by atoms with van der Waals surface area (Å²) in [6.45, 7) is 4.09. The number of benzene rings is 1. The second kappa shape index (κ2) is 6.85. The number of methoxy groups -OCH3 is 1. The van der Waals surface area contributed by atoms with E-state index in [-0.39, 0.29) is 0 Å². The topological polar surface area (TPSA) is 88.1 Å². The van der Waals surface area contributed by atoms with E-state index < -0.39 is 0 Å². The molecule has 0 saturated heterocycles. The average Bonchev–Trinajstić information content (AvgIpc) is 2.92. The third kappa shape index (κ3) is 3.24. The average molecular weight is 277 g/mol. The number of nitrogens with two attached hydrogens (primary N) is 1. The molecule has 2 aromatic rings. The largest absolute Gasteiger partial charge is 0.495 e. The molecule has 0 aliphatic heterocycles. The first-order valence-corrected chi connectivity index (χ1v) is 6.54. The van der Waals surface area contributed by atoms with Crippen molar-refractivity contribution in [3.05, 3.63) is 18.2 Å². The van der Waals surface area contributed by atoms with Crippen molar-refractivity contribution >= 4 is 5.69 Å². The van der Waals surface area contributed by atoms with Crippen molar-refractivity contribution in [2.24, 2.45) is 0 Å². The van der Waals surface area contributed by atoms with Gasteiger partial charge in [0.25, 0.3) is 0 Å². The number of aromatic nitrogens is 4. The lowest BCUT2D eigenvalue weighted by atomic mass is 10.2. The zero-order chi connectivity index (χ0) is 14.4. The Morgan fingerprint density at radius 2 is 2.20 bits per heavy atom. The van der Waals surface area contributed by atoms with E-state index in [9.17, 15) is 0 Å². The third-order valence-corrected chi connectivity index (χ3v) is 2.89. The Kier molecular flexibility index (Phi) is 4.89. The summed E-state index contributed by atoms with van der Waals surface area (Å²) in [6, 6.07) is 5.50. The fraction of sp³-hybridized carbons (Fsp3) is 0.462. The molecular weight excluding hydrogens is 258 g/mol. The second-order valence-electron chi connectivity index (χ2n) is 4.23. The SMILES string of the molecule is CCOCCCn1nnnc1-c1ccc(N)c(OC)c1. The van der Waals surface area contributed by atoms with E-state index in [0.717, 1.165) is 18.6 Å². The molecule has 0 atom stereocenters. The summed E-state index contributed by atoms with van der Waals surface area (Å²) in [5.74, 6) is 1.31. The molecule has 7 nitrogen and oxygen atoms in total. The maximum Gasteiger partial charge on any atom is 0.182 e. The number of anilines is 1. The number of nitrogen functional groups attached to an aromatic ring is 1. The molecule has 0 bridgehead atoms. The number of rotatable bonds is 7. The van der Waals surface area contributed by atoms with Crippen molar-refractivity contribution in [3.63, 3.8) is 0 Å². The minimum Gasteiger partial charge on any atom is -0.495 e. The standard InChI is InChI=1S/C13H19N5O2/c1-3-20-8-4-7-18-13(15-16-17-18)10-5-6-11(14)12(9-10)19-2/h5-6,9H,3-4,7-8,14H2,1-2H3. The Morgan fingerprint density at radius 3 is 2.95 bits per heavy atom. The Labute approximate surface area is 117 Å². The van der Waals surface area contributed by atoms with E-state index in [1.165, 1.54) is 0 Å². The van der Waals surface area contributed by atoms with Gasteiger partial charge in [0.2, 0.25) is 0 Å². The lowest BCUT2D eigenvalue weighted by Crippen LogP contribution is -2.06. The van der Waals surface area contributed by atoms with Gasteiger partial charge in [-0.1, -0.05) is 0 Å². The lowest BCUT2D eigenvalue weighted by Gasteiger charge is -2.08. The molecule has 1 heterocycles. The van der Waals surface area contributed by atoms with Crippen LogP contribution in [0.15, 0.2) is 18.2 Å². The molecule has 7 heteroatoms. The number of hydrogen-bond acceptors (Lipinski definition) is 6. The molecule has 0 fully saturated rings. The van der Waals surface area contributed by atoms with Gasteiger partial charge in [-0.25, -0.2) is 4.68 Å². The van der Waals surface area contributed by atoms with Gasteiger partial charge in [-0.05, 0) is 42.0 Å². The van der Waals surface area contributed by atoms with Crippen LogP contribution in [-0.4, -0.2) is 40.5 Å². The molecule has 20 heavy (non-hydrogen) atoms. The van der Waals surface area contributed by atoms with Gasteiger partial charge < -0.3 is 15.2 Å². The maximum atomic E-state index is 5.80. The van der Waals surface area contributed by atoms with Crippen LogP contribution in [0.2, 0.25) is 0 Å². The molecule has 2 rings (SSSR count). The summed E-state index contributed by atoms with van der Waals surface area (Å²) < 4.78 is 12.3. The summed E-state index contributed by atoms with van der Waals surface area (Å²) in [6.07, 6.45) is 0.859. The van der Waals surface area contributed by atoms with Crippen LogP contribution in [0.4, 0.5) is 5.69 Å². The van der Waals surface area contributed by atoms with Gasteiger partial charge in [-0.2, -0.15) is 0 Å². The molecular formula is C13H19N5O2. The van der Waals surface area contributed by atoms with Gasteiger partial charge in [0.05, 0.1) is 12.8 Å². The molecule has 0 radical (unpaired) electrons. The zero-order valence-corrected chi connectivity index (χ0v) is 11.7. The van der Waals surface area contributed by atoms with Crippen molar-refractivity contribution in [2.75, 3.05) is 26.1 Å². The first-order valence-electron chi connectivity index (χ1n) is 6.54. The minimum atomic E-state index is 0.589. The highest BCUT2D eigenvalue weighted by molar-refractivity contribution is 5.65. The van der Waals surface area contributed by atoms with Gasteiger partial charge in [0, 0.05) is 25.3 Å². The fourth-order valence-corrected chi connectivity index (χ4v) is 1.87. The predicted octanol–water partition coefficient (Wildman–Crippen LogP) is 1.36. The molecule has 0 amide bonds.